The van der Waals surface area contributed by atoms with Crippen molar-refractivity contribution in [1.82, 2.24) is 20.3 Å². The van der Waals surface area contributed by atoms with Crippen LogP contribution in [0.2, 0.25) is 5.02 Å². The molecule has 1 N–H and O–H groups in total. The minimum Gasteiger partial charge on any atom is -0.348 e. The van der Waals surface area contributed by atoms with Crippen LogP contribution in [0.25, 0.3) is 5.69 Å². The van der Waals surface area contributed by atoms with Gasteiger partial charge in [-0.15, -0.1) is 5.10 Å². The zero-order valence-electron chi connectivity index (χ0n) is 11.8. The first-order chi connectivity index (χ1) is 10.1. The zero-order valence-corrected chi connectivity index (χ0v) is 12.6. The lowest BCUT2D eigenvalue weighted by Gasteiger charge is -2.10. The van der Waals surface area contributed by atoms with Gasteiger partial charge in [-0.1, -0.05) is 35.7 Å². The molecule has 1 fully saturated rings. The fraction of sp³-hybridized carbons (Fsp3) is 0.400. The molecule has 0 spiro atoms. The summed E-state index contributed by atoms with van der Waals surface area (Å²) in [6.45, 7) is 1.84. The molecule has 2 aromatic rings. The zero-order chi connectivity index (χ0) is 14.8. The van der Waals surface area contributed by atoms with E-state index in [2.05, 4.69) is 15.6 Å². The van der Waals surface area contributed by atoms with Crippen LogP contribution in [-0.4, -0.2) is 26.9 Å². The number of carbonyl (C=O) groups is 1. The quantitative estimate of drug-likeness (QED) is 0.948. The maximum absolute atomic E-state index is 12.3. The molecule has 5 nitrogen and oxygen atoms in total. The highest BCUT2D eigenvalue weighted by Crippen LogP contribution is 2.19. The van der Waals surface area contributed by atoms with Gasteiger partial charge in [-0.05, 0) is 38.0 Å². The topological polar surface area (TPSA) is 59.8 Å². The number of nitrogens with one attached hydrogen (secondary N) is 1. The van der Waals surface area contributed by atoms with Gasteiger partial charge in [0.1, 0.15) is 0 Å². The Labute approximate surface area is 128 Å². The first-order valence-corrected chi connectivity index (χ1v) is 7.52. The van der Waals surface area contributed by atoms with Crippen molar-refractivity contribution in [2.45, 2.75) is 38.6 Å². The molecule has 21 heavy (non-hydrogen) atoms. The molecule has 3 rings (SSSR count). The maximum Gasteiger partial charge on any atom is 0.273 e. The molecule has 1 aromatic heterocycles. The van der Waals surface area contributed by atoms with Gasteiger partial charge >= 0.3 is 0 Å². The number of halogens is 1. The SMILES string of the molecule is Cc1c(C(=O)NC2CCCC2)nnn1-c1cccc(Cl)c1. The van der Waals surface area contributed by atoms with Crippen LogP contribution in [-0.2, 0) is 0 Å². The first-order valence-electron chi connectivity index (χ1n) is 7.14. The summed E-state index contributed by atoms with van der Waals surface area (Å²) < 4.78 is 1.63. The molecule has 1 aromatic carbocycles. The van der Waals surface area contributed by atoms with E-state index in [4.69, 9.17) is 11.6 Å². The molecule has 0 saturated heterocycles. The van der Waals surface area contributed by atoms with Gasteiger partial charge < -0.3 is 5.32 Å². The molecule has 0 radical (unpaired) electrons. The standard InChI is InChI=1S/C15H17ClN4O/c1-10-14(15(21)17-12-6-2-3-7-12)18-19-20(10)13-8-4-5-11(16)9-13/h4-5,8-9,12H,2-3,6-7H2,1H3,(H,17,21). The summed E-state index contributed by atoms with van der Waals surface area (Å²) in [7, 11) is 0. The number of benzene rings is 1. The summed E-state index contributed by atoms with van der Waals surface area (Å²) in [4.78, 5) is 12.3. The van der Waals surface area contributed by atoms with Crippen LogP contribution in [0, 0.1) is 6.92 Å². The molecule has 1 saturated carbocycles. The van der Waals surface area contributed by atoms with Crippen LogP contribution in [0.15, 0.2) is 24.3 Å². The summed E-state index contributed by atoms with van der Waals surface area (Å²) in [6.07, 6.45) is 4.46. The minimum atomic E-state index is -0.146. The fourth-order valence-electron chi connectivity index (χ4n) is 2.72. The number of nitrogens with zero attached hydrogens (tertiary/aromatic N) is 3. The van der Waals surface area contributed by atoms with Crippen LogP contribution in [0.1, 0.15) is 41.9 Å². The molecule has 110 valence electrons. The molecule has 6 heteroatoms. The average molecular weight is 305 g/mol. The van der Waals surface area contributed by atoms with E-state index >= 15 is 0 Å². The Bertz CT molecular complexity index is 661. The van der Waals surface area contributed by atoms with Crippen molar-refractivity contribution in [3.8, 4) is 5.69 Å². The number of amides is 1. The largest absolute Gasteiger partial charge is 0.348 e. The Morgan fingerprint density at radius 1 is 1.38 bits per heavy atom. The molecule has 0 aliphatic heterocycles. The van der Waals surface area contributed by atoms with Gasteiger partial charge in [0.05, 0.1) is 11.4 Å². The van der Waals surface area contributed by atoms with Crippen LogP contribution in [0.4, 0.5) is 0 Å². The minimum absolute atomic E-state index is 0.146. The van der Waals surface area contributed by atoms with Gasteiger partial charge in [-0.2, -0.15) is 0 Å². The highest BCUT2D eigenvalue weighted by atomic mass is 35.5. The van der Waals surface area contributed by atoms with Crippen molar-refractivity contribution >= 4 is 17.5 Å². The average Bonchev–Trinajstić information content (AvgIpc) is 3.08. The van der Waals surface area contributed by atoms with Gasteiger partial charge in [0.2, 0.25) is 0 Å². The third-order valence-electron chi connectivity index (χ3n) is 3.85. The molecular weight excluding hydrogens is 288 g/mol. The first kappa shape index (κ1) is 14.1. The van der Waals surface area contributed by atoms with Crippen molar-refractivity contribution in [1.29, 1.82) is 0 Å². The predicted octanol–water partition coefficient (Wildman–Crippen LogP) is 2.90. The van der Waals surface area contributed by atoms with Crippen LogP contribution in [0.3, 0.4) is 0 Å². The maximum atomic E-state index is 12.3. The van der Waals surface area contributed by atoms with Crippen molar-refractivity contribution < 1.29 is 4.79 Å². The number of carbonyl (C=O) groups excluding carboxylic acids is 1. The third kappa shape index (κ3) is 2.93. The Morgan fingerprint density at radius 3 is 2.86 bits per heavy atom. The molecule has 1 heterocycles. The van der Waals surface area contributed by atoms with E-state index in [-0.39, 0.29) is 11.9 Å². The van der Waals surface area contributed by atoms with Crippen molar-refractivity contribution in [2.75, 3.05) is 0 Å². The van der Waals surface area contributed by atoms with E-state index < -0.39 is 0 Å². The molecule has 1 aliphatic carbocycles. The highest BCUT2D eigenvalue weighted by Gasteiger charge is 2.22. The molecular formula is C15H17ClN4O. The molecule has 0 atom stereocenters. The Kier molecular flexibility index (Phi) is 3.92. The third-order valence-corrected chi connectivity index (χ3v) is 4.09. The summed E-state index contributed by atoms with van der Waals surface area (Å²) in [5, 5.41) is 11.7. The number of rotatable bonds is 3. The van der Waals surface area contributed by atoms with Crippen molar-refractivity contribution in [3.05, 3.63) is 40.7 Å². The lowest BCUT2D eigenvalue weighted by Crippen LogP contribution is -2.33. The second-order valence-corrected chi connectivity index (χ2v) is 5.81. The van der Waals surface area contributed by atoms with E-state index in [1.807, 2.05) is 19.1 Å². The molecule has 1 amide bonds. The van der Waals surface area contributed by atoms with Crippen molar-refractivity contribution in [3.63, 3.8) is 0 Å². The van der Waals surface area contributed by atoms with Crippen LogP contribution in [0.5, 0.6) is 0 Å². The normalized spacial score (nSPS) is 15.3. The molecule has 1 aliphatic rings. The van der Waals surface area contributed by atoms with Crippen molar-refractivity contribution in [2.24, 2.45) is 0 Å². The summed E-state index contributed by atoms with van der Waals surface area (Å²) >= 11 is 5.99. The molecule has 0 bridgehead atoms. The Morgan fingerprint density at radius 2 is 2.14 bits per heavy atom. The number of hydrogen-bond acceptors (Lipinski definition) is 3. The van der Waals surface area contributed by atoms with Gasteiger partial charge in [0, 0.05) is 11.1 Å². The Balaban J connectivity index is 1.83. The monoisotopic (exact) mass is 304 g/mol. The van der Waals surface area contributed by atoms with Gasteiger partial charge in [0.15, 0.2) is 5.69 Å². The van der Waals surface area contributed by atoms with Gasteiger partial charge in [-0.25, -0.2) is 4.68 Å². The summed E-state index contributed by atoms with van der Waals surface area (Å²) in [6, 6.07) is 7.59. The van der Waals surface area contributed by atoms with Crippen LogP contribution < -0.4 is 5.32 Å². The molecule has 0 unspecified atom stereocenters. The van der Waals surface area contributed by atoms with E-state index in [1.54, 1.807) is 16.8 Å². The number of aromatic nitrogens is 3. The van der Waals surface area contributed by atoms with Crippen LogP contribution >= 0.6 is 11.6 Å². The van der Waals surface area contributed by atoms with E-state index in [0.717, 1.165) is 18.5 Å². The predicted molar refractivity (Wildman–Crippen MR) is 80.8 cm³/mol. The second-order valence-electron chi connectivity index (χ2n) is 5.37. The fourth-order valence-corrected chi connectivity index (χ4v) is 2.90. The highest BCUT2D eigenvalue weighted by molar-refractivity contribution is 6.30. The van der Waals surface area contributed by atoms with Gasteiger partial charge in [-0.3, -0.25) is 4.79 Å². The lowest BCUT2D eigenvalue weighted by atomic mass is 10.2. The Hall–Kier alpha value is -1.88. The summed E-state index contributed by atoms with van der Waals surface area (Å²) in [5.41, 5.74) is 1.89. The van der Waals surface area contributed by atoms with E-state index in [1.165, 1.54) is 12.8 Å². The number of hydrogen-bond donors (Lipinski definition) is 1. The van der Waals surface area contributed by atoms with Gasteiger partial charge in [0.25, 0.3) is 5.91 Å². The smallest absolute Gasteiger partial charge is 0.273 e. The van der Waals surface area contributed by atoms with E-state index in [9.17, 15) is 4.79 Å². The summed E-state index contributed by atoms with van der Waals surface area (Å²) in [5.74, 6) is -0.146. The lowest BCUT2D eigenvalue weighted by molar-refractivity contribution is 0.0932. The van der Waals surface area contributed by atoms with E-state index in [0.29, 0.717) is 16.4 Å². The second kappa shape index (κ2) is 5.85.